The predicted octanol–water partition coefficient (Wildman–Crippen LogP) is 2.32. The molecule has 1 aliphatic rings. The van der Waals surface area contributed by atoms with Crippen LogP contribution in [0.4, 0.5) is 0 Å². The zero-order valence-electron chi connectivity index (χ0n) is 12.4. The van der Waals surface area contributed by atoms with E-state index in [4.69, 9.17) is 14.6 Å². The summed E-state index contributed by atoms with van der Waals surface area (Å²) < 4.78 is 35.9. The first-order valence-corrected chi connectivity index (χ1v) is 8.30. The Balaban J connectivity index is 2.09. The van der Waals surface area contributed by atoms with Crippen LogP contribution in [0, 0.1) is 13.8 Å². The van der Waals surface area contributed by atoms with Gasteiger partial charge in [0.1, 0.15) is 0 Å². The SMILES string of the molecule is Cc1cccc(S(=O)(=O)c2cc3c(cc2C)OC(C(=O)O)O3)c1. The van der Waals surface area contributed by atoms with Crippen molar-refractivity contribution in [2.24, 2.45) is 0 Å². The molecule has 0 radical (unpaired) electrons. The summed E-state index contributed by atoms with van der Waals surface area (Å²) >= 11 is 0. The molecule has 23 heavy (non-hydrogen) atoms. The van der Waals surface area contributed by atoms with Crippen molar-refractivity contribution >= 4 is 15.8 Å². The van der Waals surface area contributed by atoms with Crippen LogP contribution < -0.4 is 9.47 Å². The van der Waals surface area contributed by atoms with Gasteiger partial charge in [-0.05, 0) is 43.2 Å². The van der Waals surface area contributed by atoms with Crippen LogP contribution in [0.25, 0.3) is 0 Å². The molecule has 1 aliphatic heterocycles. The third-order valence-corrected chi connectivity index (χ3v) is 5.39. The molecule has 2 aromatic rings. The van der Waals surface area contributed by atoms with Gasteiger partial charge in [0, 0.05) is 6.07 Å². The Kier molecular flexibility index (Phi) is 3.52. The van der Waals surface area contributed by atoms with E-state index in [-0.39, 0.29) is 21.3 Å². The van der Waals surface area contributed by atoms with Crippen molar-refractivity contribution in [3.05, 3.63) is 47.5 Å². The summed E-state index contributed by atoms with van der Waals surface area (Å²) in [4.78, 5) is 11.2. The number of aryl methyl sites for hydroxylation is 2. The van der Waals surface area contributed by atoms with Crippen LogP contribution in [0.3, 0.4) is 0 Å². The number of hydrogen-bond acceptors (Lipinski definition) is 5. The van der Waals surface area contributed by atoms with Crippen molar-refractivity contribution in [1.29, 1.82) is 0 Å². The molecule has 0 amide bonds. The molecule has 6 nitrogen and oxygen atoms in total. The van der Waals surface area contributed by atoms with Crippen LogP contribution in [-0.4, -0.2) is 25.8 Å². The molecular formula is C16H14O6S. The summed E-state index contributed by atoms with van der Waals surface area (Å²) in [6.45, 7) is 3.43. The first kappa shape index (κ1) is 15.4. The summed E-state index contributed by atoms with van der Waals surface area (Å²) in [7, 11) is -3.73. The van der Waals surface area contributed by atoms with E-state index in [0.29, 0.717) is 5.56 Å². The van der Waals surface area contributed by atoms with E-state index >= 15 is 0 Å². The van der Waals surface area contributed by atoms with Gasteiger partial charge in [-0.3, -0.25) is 0 Å². The molecule has 0 aromatic heterocycles. The highest BCUT2D eigenvalue weighted by atomic mass is 32.2. The van der Waals surface area contributed by atoms with Gasteiger partial charge in [-0.15, -0.1) is 0 Å². The number of carbonyl (C=O) groups is 1. The van der Waals surface area contributed by atoms with Crippen LogP contribution >= 0.6 is 0 Å². The van der Waals surface area contributed by atoms with E-state index in [1.54, 1.807) is 19.1 Å². The zero-order chi connectivity index (χ0) is 16.8. The Labute approximate surface area is 133 Å². The minimum atomic E-state index is -3.73. The average molecular weight is 334 g/mol. The van der Waals surface area contributed by atoms with Crippen LogP contribution in [-0.2, 0) is 14.6 Å². The Bertz CT molecular complexity index is 901. The van der Waals surface area contributed by atoms with E-state index in [2.05, 4.69) is 0 Å². The average Bonchev–Trinajstić information content (AvgIpc) is 2.89. The van der Waals surface area contributed by atoms with Gasteiger partial charge in [-0.25, -0.2) is 13.2 Å². The van der Waals surface area contributed by atoms with Crippen LogP contribution in [0.2, 0.25) is 0 Å². The molecule has 2 aromatic carbocycles. The second-order valence-electron chi connectivity index (χ2n) is 5.29. The molecule has 1 N–H and O–H groups in total. The van der Waals surface area contributed by atoms with Gasteiger partial charge >= 0.3 is 12.3 Å². The largest absolute Gasteiger partial charge is 0.476 e. The minimum Gasteiger partial charge on any atom is -0.476 e. The first-order valence-electron chi connectivity index (χ1n) is 6.81. The number of ether oxygens (including phenoxy) is 2. The molecule has 0 saturated heterocycles. The topological polar surface area (TPSA) is 89.9 Å². The lowest BCUT2D eigenvalue weighted by Gasteiger charge is -2.09. The van der Waals surface area contributed by atoms with Crippen molar-refractivity contribution in [2.45, 2.75) is 29.9 Å². The van der Waals surface area contributed by atoms with Gasteiger partial charge in [0.05, 0.1) is 9.79 Å². The normalized spacial score (nSPS) is 16.3. The number of fused-ring (bicyclic) bond motifs is 1. The molecule has 7 heteroatoms. The monoisotopic (exact) mass is 334 g/mol. The lowest BCUT2D eigenvalue weighted by molar-refractivity contribution is -0.154. The summed E-state index contributed by atoms with van der Waals surface area (Å²) in [5.41, 5.74) is 1.29. The first-order chi connectivity index (χ1) is 10.8. The van der Waals surface area contributed by atoms with Gasteiger partial charge < -0.3 is 14.6 Å². The maximum Gasteiger partial charge on any atom is 0.387 e. The molecule has 0 spiro atoms. The fraction of sp³-hybridized carbons (Fsp3) is 0.188. The van der Waals surface area contributed by atoms with Gasteiger partial charge in [-0.1, -0.05) is 12.1 Å². The molecule has 3 rings (SSSR count). The summed E-state index contributed by atoms with van der Waals surface area (Å²) in [6, 6.07) is 9.37. The smallest absolute Gasteiger partial charge is 0.387 e. The van der Waals surface area contributed by atoms with E-state index < -0.39 is 22.1 Å². The summed E-state index contributed by atoms with van der Waals surface area (Å²) in [6.07, 6.45) is -1.46. The third-order valence-electron chi connectivity index (χ3n) is 3.50. The van der Waals surface area contributed by atoms with E-state index in [1.807, 2.05) is 13.0 Å². The van der Waals surface area contributed by atoms with Gasteiger partial charge in [0.15, 0.2) is 11.5 Å². The highest BCUT2D eigenvalue weighted by Crippen LogP contribution is 2.39. The molecule has 1 atom stereocenters. The quantitative estimate of drug-likeness (QED) is 0.926. The van der Waals surface area contributed by atoms with Gasteiger partial charge in [0.2, 0.25) is 9.84 Å². The number of benzene rings is 2. The molecule has 1 heterocycles. The number of aliphatic carboxylic acids is 1. The minimum absolute atomic E-state index is 0.0662. The van der Waals surface area contributed by atoms with Gasteiger partial charge in [0.25, 0.3) is 0 Å². The molecule has 0 saturated carbocycles. The zero-order valence-corrected chi connectivity index (χ0v) is 13.3. The van der Waals surface area contributed by atoms with E-state index in [9.17, 15) is 13.2 Å². The number of hydrogen-bond donors (Lipinski definition) is 1. The molecule has 0 bridgehead atoms. The number of carboxylic acids is 1. The lowest BCUT2D eigenvalue weighted by atomic mass is 10.2. The fourth-order valence-corrected chi connectivity index (χ4v) is 3.98. The van der Waals surface area contributed by atoms with Crippen molar-refractivity contribution in [1.82, 2.24) is 0 Å². The Morgan fingerprint density at radius 1 is 1.09 bits per heavy atom. The van der Waals surface area contributed by atoms with Crippen LogP contribution in [0.15, 0.2) is 46.2 Å². The van der Waals surface area contributed by atoms with Crippen LogP contribution in [0.1, 0.15) is 11.1 Å². The molecule has 0 aliphatic carbocycles. The molecular weight excluding hydrogens is 320 g/mol. The summed E-state index contributed by atoms with van der Waals surface area (Å²) in [5.74, 6) is -0.950. The maximum absolute atomic E-state index is 12.8. The van der Waals surface area contributed by atoms with Crippen molar-refractivity contribution in [3.63, 3.8) is 0 Å². The number of carboxylic acid groups (broad SMARTS) is 1. The molecule has 0 fully saturated rings. The fourth-order valence-electron chi connectivity index (χ4n) is 2.38. The van der Waals surface area contributed by atoms with Crippen molar-refractivity contribution < 1.29 is 27.8 Å². The Hall–Kier alpha value is -2.54. The van der Waals surface area contributed by atoms with Gasteiger partial charge in [-0.2, -0.15) is 0 Å². The second kappa shape index (κ2) is 5.27. The van der Waals surface area contributed by atoms with Crippen molar-refractivity contribution in [2.75, 3.05) is 0 Å². The lowest BCUT2D eigenvalue weighted by Crippen LogP contribution is -2.28. The highest BCUT2D eigenvalue weighted by molar-refractivity contribution is 7.91. The van der Waals surface area contributed by atoms with Crippen LogP contribution in [0.5, 0.6) is 11.5 Å². The maximum atomic E-state index is 12.8. The summed E-state index contributed by atoms with van der Waals surface area (Å²) in [5, 5.41) is 8.92. The van der Waals surface area contributed by atoms with E-state index in [0.717, 1.165) is 5.56 Å². The van der Waals surface area contributed by atoms with Crippen molar-refractivity contribution in [3.8, 4) is 11.5 Å². The second-order valence-corrected chi connectivity index (χ2v) is 7.21. The predicted molar refractivity (Wildman–Crippen MR) is 80.5 cm³/mol. The number of rotatable bonds is 3. The standard InChI is InChI=1S/C16H14O6S/c1-9-4-3-5-11(6-9)23(19,20)14-8-13-12(7-10(14)2)21-16(22-13)15(17)18/h3-8,16H,1-2H3,(H,17,18). The number of sulfone groups is 1. The third kappa shape index (κ3) is 2.63. The highest BCUT2D eigenvalue weighted by Gasteiger charge is 2.33. The van der Waals surface area contributed by atoms with E-state index in [1.165, 1.54) is 18.2 Å². The molecule has 120 valence electrons. The molecule has 1 unspecified atom stereocenters. The Morgan fingerprint density at radius 3 is 2.35 bits per heavy atom. The Morgan fingerprint density at radius 2 is 1.74 bits per heavy atom.